The Labute approximate surface area is 354 Å². The highest BCUT2D eigenvalue weighted by atomic mass is 16.5. The summed E-state index contributed by atoms with van der Waals surface area (Å²) in [7, 11) is 2.66. The van der Waals surface area contributed by atoms with Gasteiger partial charge in [-0.3, -0.25) is 14.4 Å². The molecular weight excluding hydrogens is 771 g/mol. The summed E-state index contributed by atoms with van der Waals surface area (Å²) in [6, 6.07) is 27.4. The summed E-state index contributed by atoms with van der Waals surface area (Å²) in [6.45, 7) is 4.41. The number of piperidine rings is 1. The van der Waals surface area contributed by atoms with E-state index in [1.165, 1.54) is 14.2 Å². The van der Waals surface area contributed by atoms with Gasteiger partial charge >= 0.3 is 12.1 Å². The first kappa shape index (κ1) is 39.9. The monoisotopic (exact) mass is 821 g/mol. The number of hydrogen-bond donors (Lipinski definition) is 3. The highest BCUT2D eigenvalue weighted by Gasteiger charge is 2.51. The van der Waals surface area contributed by atoms with E-state index < -0.39 is 24.0 Å². The molecule has 13 nitrogen and oxygen atoms in total. The number of benzene rings is 4. The van der Waals surface area contributed by atoms with E-state index in [4.69, 9.17) is 19.4 Å². The molecule has 61 heavy (non-hydrogen) atoms. The molecule has 3 N–H and O–H groups in total. The minimum absolute atomic E-state index is 0.0112. The van der Waals surface area contributed by atoms with Crippen molar-refractivity contribution in [2.24, 2.45) is 11.8 Å². The number of aromatic amines is 2. The van der Waals surface area contributed by atoms with Gasteiger partial charge in [0.1, 0.15) is 17.7 Å². The number of nitrogens with zero attached hydrogens (tertiary/aromatic N) is 4. The molecule has 9 rings (SSSR count). The van der Waals surface area contributed by atoms with Crippen LogP contribution >= 0.6 is 0 Å². The Morgan fingerprint density at radius 1 is 0.836 bits per heavy atom. The Balaban J connectivity index is 0.929. The first-order valence-corrected chi connectivity index (χ1v) is 21.3. The topological polar surface area (TPSA) is 163 Å². The second kappa shape index (κ2) is 16.5. The molecule has 3 amide bonds. The lowest BCUT2D eigenvalue weighted by Crippen LogP contribution is -2.51. The molecule has 4 heterocycles. The first-order chi connectivity index (χ1) is 29.6. The quantitative estimate of drug-likeness (QED) is 0.110. The van der Waals surface area contributed by atoms with Crippen molar-refractivity contribution in [2.45, 2.75) is 82.5 Å². The van der Waals surface area contributed by atoms with E-state index in [0.29, 0.717) is 12.5 Å². The zero-order valence-corrected chi connectivity index (χ0v) is 34.9. The number of hydrogen-bond acceptors (Lipinski definition) is 8. The number of esters is 1. The fraction of sp³-hybridized carbons (Fsp3) is 0.375. The van der Waals surface area contributed by atoms with Crippen LogP contribution < -0.4 is 5.32 Å². The highest BCUT2D eigenvalue weighted by molar-refractivity contribution is 6.05. The molecule has 6 atom stereocenters. The van der Waals surface area contributed by atoms with Crippen LogP contribution in [0.15, 0.2) is 91.1 Å². The van der Waals surface area contributed by atoms with E-state index >= 15 is 0 Å². The van der Waals surface area contributed by atoms with Crippen molar-refractivity contribution in [3.8, 4) is 22.4 Å². The predicted molar refractivity (Wildman–Crippen MR) is 231 cm³/mol. The lowest BCUT2D eigenvalue weighted by Gasteiger charge is -2.36. The van der Waals surface area contributed by atoms with Crippen LogP contribution in [0.3, 0.4) is 0 Å². The predicted octanol–water partition coefficient (Wildman–Crippen LogP) is 8.22. The lowest BCUT2D eigenvalue weighted by atomic mass is 9.91. The van der Waals surface area contributed by atoms with Gasteiger partial charge in [0.05, 0.1) is 61.6 Å². The third-order valence-electron chi connectivity index (χ3n) is 13.1. The smallest absolute Gasteiger partial charge is 0.407 e. The second-order valence-electron chi connectivity index (χ2n) is 17.0. The molecule has 0 radical (unpaired) electrons. The van der Waals surface area contributed by atoms with Crippen molar-refractivity contribution in [1.82, 2.24) is 35.1 Å². The van der Waals surface area contributed by atoms with Crippen LogP contribution in [-0.4, -0.2) is 86.5 Å². The van der Waals surface area contributed by atoms with E-state index in [1.54, 1.807) is 0 Å². The van der Waals surface area contributed by atoms with Gasteiger partial charge in [-0.1, -0.05) is 86.6 Å². The van der Waals surface area contributed by atoms with Crippen molar-refractivity contribution in [2.75, 3.05) is 20.8 Å². The molecule has 0 unspecified atom stereocenters. The van der Waals surface area contributed by atoms with E-state index in [1.807, 2.05) is 66.2 Å². The molecule has 13 heteroatoms. The van der Waals surface area contributed by atoms with Gasteiger partial charge in [0, 0.05) is 18.0 Å². The van der Waals surface area contributed by atoms with Gasteiger partial charge in [-0.15, -0.1) is 0 Å². The summed E-state index contributed by atoms with van der Waals surface area (Å²) in [5.74, 6) is 0.472. The Morgan fingerprint density at radius 2 is 1.61 bits per heavy atom. The fourth-order valence-electron chi connectivity index (χ4n) is 9.95. The number of fused-ring (bicyclic) bond motifs is 5. The largest absolute Gasteiger partial charge is 0.469 e. The SMILES string of the molecule is COC(=O)C[C@@H](C(=O)N1[C@@H]2CC[C@@H](C2)[C@H]1c1ncc(-c2ccc(-c3ccc4c(ccc5[nH]c([C@@H]6CCCN6C(=O)[C@@H](NC(=O)OC)C(C)C)nc54)c3)cc2)[nH]1)c1ccccc1. The number of likely N-dealkylation sites (tertiary alicyclic amines) is 2. The molecule has 2 bridgehead atoms. The number of methoxy groups -OCH3 is 2. The summed E-state index contributed by atoms with van der Waals surface area (Å²) >= 11 is 0. The van der Waals surface area contributed by atoms with Crippen molar-refractivity contribution in [3.63, 3.8) is 0 Å². The number of H-pyrrole nitrogens is 2. The van der Waals surface area contributed by atoms with Crippen molar-refractivity contribution >= 4 is 45.7 Å². The molecule has 2 aliphatic heterocycles. The van der Waals surface area contributed by atoms with Gasteiger partial charge in [0.2, 0.25) is 11.8 Å². The Morgan fingerprint density at radius 3 is 2.36 bits per heavy atom. The molecule has 0 spiro atoms. The standard InChI is InChI=1S/C48H51N7O6/c1-27(2)41(53-48(59)61-4)47(58)54-22-8-11-39(54)44-50-37-21-18-32-23-31(17-20-35(32)42(37)52-44)28-12-14-30(15-13-28)38-26-49-45(51-38)43-33-16-19-34(24-33)55(43)46(57)36(25-40(56)60-3)29-9-6-5-7-10-29/h5-7,9-10,12-15,17-18,20-21,23,26-27,33-34,36,39,41,43H,8,11,16,19,22,24-25H2,1-4H3,(H,49,51)(H,50,52)(H,53,59)/t33-,34+,36+,39-,41-,43-/m0/s1. The lowest BCUT2D eigenvalue weighted by molar-refractivity contribution is -0.146. The van der Waals surface area contributed by atoms with Gasteiger partial charge in [-0.25, -0.2) is 14.8 Å². The van der Waals surface area contributed by atoms with Crippen LogP contribution in [0.4, 0.5) is 4.79 Å². The minimum Gasteiger partial charge on any atom is -0.469 e. The van der Waals surface area contributed by atoms with E-state index in [2.05, 4.69) is 63.8 Å². The van der Waals surface area contributed by atoms with Crippen LogP contribution in [0.2, 0.25) is 0 Å². The molecule has 4 aromatic carbocycles. The number of aromatic nitrogens is 4. The number of ether oxygens (including phenoxy) is 2. The Kier molecular flexibility index (Phi) is 10.8. The van der Waals surface area contributed by atoms with E-state index in [9.17, 15) is 19.2 Å². The zero-order valence-electron chi connectivity index (χ0n) is 34.9. The molecule has 3 fully saturated rings. The van der Waals surface area contributed by atoms with Crippen molar-refractivity contribution < 1.29 is 28.7 Å². The molecule has 6 aromatic rings. The van der Waals surface area contributed by atoms with E-state index in [0.717, 1.165) is 93.5 Å². The molecule has 2 saturated heterocycles. The van der Waals surface area contributed by atoms with Gasteiger partial charge in [-0.05, 0) is 83.7 Å². The number of carbonyl (C=O) groups is 4. The summed E-state index contributed by atoms with van der Waals surface area (Å²) in [5.41, 5.74) is 6.57. The second-order valence-corrected chi connectivity index (χ2v) is 17.0. The number of nitrogens with one attached hydrogen (secondary N) is 3. The molecular formula is C48H51N7O6. The third-order valence-corrected chi connectivity index (χ3v) is 13.1. The maximum Gasteiger partial charge on any atom is 0.407 e. The normalized spacial score (nSPS) is 20.7. The van der Waals surface area contributed by atoms with Crippen LogP contribution in [0.5, 0.6) is 0 Å². The molecule has 3 aliphatic rings. The fourth-order valence-corrected chi connectivity index (χ4v) is 9.95. The van der Waals surface area contributed by atoms with Crippen molar-refractivity contribution in [1.29, 1.82) is 0 Å². The van der Waals surface area contributed by atoms with E-state index in [-0.39, 0.29) is 42.3 Å². The maximum absolute atomic E-state index is 14.4. The number of carbonyl (C=O) groups excluding carboxylic acids is 4. The minimum atomic E-state index is -0.697. The first-order valence-electron chi connectivity index (χ1n) is 21.3. The van der Waals surface area contributed by atoms with Crippen LogP contribution in [0, 0.1) is 11.8 Å². The summed E-state index contributed by atoms with van der Waals surface area (Å²) in [5, 5.41) is 4.79. The number of amides is 3. The molecule has 1 aliphatic carbocycles. The Hall–Kier alpha value is -6.50. The van der Waals surface area contributed by atoms with Crippen molar-refractivity contribution in [3.05, 3.63) is 108 Å². The summed E-state index contributed by atoms with van der Waals surface area (Å²) in [6.07, 6.45) is 5.75. The average Bonchev–Trinajstić information content (AvgIpc) is 4.15. The van der Waals surface area contributed by atoms with Crippen LogP contribution in [-0.2, 0) is 23.9 Å². The molecule has 2 aromatic heterocycles. The summed E-state index contributed by atoms with van der Waals surface area (Å²) < 4.78 is 9.80. The number of rotatable bonds is 11. The number of imidazole rings is 2. The zero-order chi connectivity index (χ0) is 42.4. The molecule has 1 saturated carbocycles. The van der Waals surface area contributed by atoms with Gasteiger partial charge < -0.3 is 34.6 Å². The van der Waals surface area contributed by atoms with Crippen LogP contribution in [0.25, 0.3) is 44.2 Å². The van der Waals surface area contributed by atoms with Gasteiger partial charge in [0.15, 0.2) is 0 Å². The Bertz CT molecular complexity index is 2600. The maximum atomic E-state index is 14.4. The van der Waals surface area contributed by atoms with Gasteiger partial charge in [-0.2, -0.15) is 0 Å². The summed E-state index contributed by atoms with van der Waals surface area (Å²) in [4.78, 5) is 73.5. The third kappa shape index (κ3) is 7.51. The average molecular weight is 822 g/mol. The van der Waals surface area contributed by atoms with Gasteiger partial charge in [0.25, 0.3) is 0 Å². The van der Waals surface area contributed by atoms with Crippen LogP contribution in [0.1, 0.15) is 87.6 Å². The highest BCUT2D eigenvalue weighted by Crippen LogP contribution is 2.51. The molecule has 314 valence electrons. The number of alkyl carbamates (subject to hydrolysis) is 1.